The van der Waals surface area contributed by atoms with E-state index in [-0.39, 0.29) is 13.2 Å². The third kappa shape index (κ3) is 2.95. The largest absolute Gasteiger partial charge is 0.475 e. The van der Waals surface area contributed by atoms with Gasteiger partial charge in [-0.25, -0.2) is 4.98 Å². The molecule has 0 bridgehead atoms. The number of nitrogens with one attached hydrogen (secondary N) is 1. The number of hydrogen-bond acceptors (Lipinski definition) is 5. The predicted octanol–water partition coefficient (Wildman–Crippen LogP) is 1.56. The molecule has 5 nitrogen and oxygen atoms in total. The molecule has 0 aliphatic carbocycles. The molecule has 0 amide bonds. The zero-order valence-corrected chi connectivity index (χ0v) is 10.1. The van der Waals surface area contributed by atoms with Crippen LogP contribution >= 0.6 is 0 Å². The summed E-state index contributed by atoms with van der Waals surface area (Å²) >= 11 is 0. The molecule has 0 radical (unpaired) electrons. The Labute approximate surface area is 105 Å². The summed E-state index contributed by atoms with van der Waals surface area (Å²) in [7, 11) is 1.78. The van der Waals surface area contributed by atoms with E-state index in [1.54, 1.807) is 13.1 Å². The van der Waals surface area contributed by atoms with Gasteiger partial charge in [0.1, 0.15) is 12.4 Å². The first kappa shape index (κ1) is 12.3. The van der Waals surface area contributed by atoms with Gasteiger partial charge in [-0.15, -0.1) is 0 Å². The summed E-state index contributed by atoms with van der Waals surface area (Å²) in [6.45, 7) is 0.175. The number of aliphatic hydroxyl groups excluding tert-OH is 1. The third-order valence-electron chi connectivity index (χ3n) is 2.33. The minimum absolute atomic E-state index is 0.0421. The van der Waals surface area contributed by atoms with Gasteiger partial charge in [-0.1, -0.05) is 30.3 Å². The van der Waals surface area contributed by atoms with Gasteiger partial charge in [0.15, 0.2) is 5.82 Å². The Bertz CT molecular complexity index is 503. The average Bonchev–Trinajstić information content (AvgIpc) is 2.45. The first-order chi connectivity index (χ1) is 8.83. The molecule has 2 aromatic rings. The number of hydrogen-bond donors (Lipinski definition) is 2. The van der Waals surface area contributed by atoms with E-state index in [0.717, 1.165) is 5.56 Å². The Balaban J connectivity index is 2.35. The summed E-state index contributed by atoms with van der Waals surface area (Å²) in [6, 6.07) is 11.4. The van der Waals surface area contributed by atoms with Crippen molar-refractivity contribution < 1.29 is 9.84 Å². The quantitative estimate of drug-likeness (QED) is 0.836. The molecule has 1 heterocycles. The van der Waals surface area contributed by atoms with E-state index < -0.39 is 0 Å². The Hall–Kier alpha value is -2.14. The lowest BCUT2D eigenvalue weighted by molar-refractivity contribution is 0.196. The molecule has 1 aromatic carbocycles. The van der Waals surface area contributed by atoms with E-state index in [1.807, 2.05) is 30.3 Å². The third-order valence-corrected chi connectivity index (χ3v) is 2.33. The van der Waals surface area contributed by atoms with E-state index in [4.69, 9.17) is 9.84 Å². The zero-order chi connectivity index (χ0) is 12.8. The number of aromatic nitrogens is 2. The lowest BCUT2D eigenvalue weighted by atomic mass is 10.2. The molecule has 0 aliphatic heterocycles. The Morgan fingerprint density at radius 3 is 2.67 bits per heavy atom. The van der Waals surface area contributed by atoms with Gasteiger partial charge in [-0.3, -0.25) is 0 Å². The van der Waals surface area contributed by atoms with E-state index in [0.29, 0.717) is 17.5 Å². The van der Waals surface area contributed by atoms with E-state index >= 15 is 0 Å². The smallest absolute Gasteiger partial charge is 0.219 e. The number of ether oxygens (including phenoxy) is 1. The number of benzene rings is 1. The topological polar surface area (TPSA) is 67.3 Å². The molecule has 2 N–H and O–H groups in total. The Morgan fingerprint density at radius 1 is 1.22 bits per heavy atom. The van der Waals surface area contributed by atoms with Crippen molar-refractivity contribution in [2.45, 2.75) is 0 Å². The summed E-state index contributed by atoms with van der Waals surface area (Å²) < 4.78 is 5.32. The molecular weight excluding hydrogens is 230 g/mol. The van der Waals surface area contributed by atoms with Crippen molar-refractivity contribution in [3.63, 3.8) is 0 Å². The van der Waals surface area contributed by atoms with E-state index in [9.17, 15) is 0 Å². The van der Waals surface area contributed by atoms with E-state index in [1.165, 1.54) is 0 Å². The second-order valence-corrected chi connectivity index (χ2v) is 3.60. The fraction of sp³-hybridized carbons (Fsp3) is 0.231. The van der Waals surface area contributed by atoms with Crippen LogP contribution in [0.15, 0.2) is 36.4 Å². The summed E-state index contributed by atoms with van der Waals surface area (Å²) in [5.74, 6) is 1.72. The number of anilines is 1. The van der Waals surface area contributed by atoms with Gasteiger partial charge in [-0.05, 0) is 0 Å². The monoisotopic (exact) mass is 245 g/mol. The standard InChI is InChI=1S/C13H15N3O2/c1-14-11-9-12(18-8-7-17)16-13(15-11)10-5-3-2-4-6-10/h2-6,9,17H,7-8H2,1H3,(H,14,15,16). The molecule has 5 heteroatoms. The van der Waals surface area contributed by atoms with Crippen molar-refractivity contribution in [1.82, 2.24) is 9.97 Å². The Morgan fingerprint density at radius 2 is 2.00 bits per heavy atom. The van der Waals surface area contributed by atoms with Crippen molar-refractivity contribution in [2.75, 3.05) is 25.6 Å². The summed E-state index contributed by atoms with van der Waals surface area (Å²) in [5, 5.41) is 11.7. The molecule has 0 atom stereocenters. The van der Waals surface area contributed by atoms with Crippen molar-refractivity contribution in [3.8, 4) is 17.3 Å². The maximum Gasteiger partial charge on any atom is 0.219 e. The minimum Gasteiger partial charge on any atom is -0.475 e. The molecular formula is C13H15N3O2. The molecule has 0 aliphatic rings. The van der Waals surface area contributed by atoms with Crippen molar-refractivity contribution in [1.29, 1.82) is 0 Å². The first-order valence-electron chi connectivity index (χ1n) is 5.69. The van der Waals surface area contributed by atoms with Crippen LogP contribution in [0.2, 0.25) is 0 Å². The number of rotatable bonds is 5. The molecule has 0 saturated carbocycles. The van der Waals surface area contributed by atoms with Crippen LogP contribution in [0.25, 0.3) is 11.4 Å². The van der Waals surface area contributed by atoms with Crippen molar-refractivity contribution in [3.05, 3.63) is 36.4 Å². The van der Waals surface area contributed by atoms with Crippen LogP contribution in [0, 0.1) is 0 Å². The molecule has 1 aromatic heterocycles. The maximum atomic E-state index is 8.76. The van der Waals surface area contributed by atoms with Crippen LogP contribution < -0.4 is 10.1 Å². The Kier molecular flexibility index (Phi) is 4.09. The maximum absolute atomic E-state index is 8.76. The van der Waals surface area contributed by atoms with Crippen LogP contribution in [0.3, 0.4) is 0 Å². The summed E-state index contributed by atoms with van der Waals surface area (Å²) in [4.78, 5) is 8.67. The highest BCUT2D eigenvalue weighted by Gasteiger charge is 2.06. The van der Waals surface area contributed by atoms with Gasteiger partial charge in [0, 0.05) is 18.7 Å². The first-order valence-corrected chi connectivity index (χ1v) is 5.69. The van der Waals surface area contributed by atoms with Gasteiger partial charge < -0.3 is 15.2 Å². The molecule has 0 spiro atoms. The molecule has 2 rings (SSSR count). The molecule has 0 fully saturated rings. The van der Waals surface area contributed by atoms with Gasteiger partial charge in [-0.2, -0.15) is 4.98 Å². The van der Waals surface area contributed by atoms with Gasteiger partial charge in [0.25, 0.3) is 0 Å². The summed E-state index contributed by atoms with van der Waals surface area (Å²) in [6.07, 6.45) is 0. The predicted molar refractivity (Wildman–Crippen MR) is 69.6 cm³/mol. The van der Waals surface area contributed by atoms with Crippen LogP contribution in [-0.4, -0.2) is 35.3 Å². The second-order valence-electron chi connectivity index (χ2n) is 3.60. The van der Waals surface area contributed by atoms with Gasteiger partial charge in [0.2, 0.25) is 5.88 Å². The molecule has 0 saturated heterocycles. The van der Waals surface area contributed by atoms with Crippen molar-refractivity contribution in [2.24, 2.45) is 0 Å². The van der Waals surface area contributed by atoms with Gasteiger partial charge >= 0.3 is 0 Å². The van der Waals surface area contributed by atoms with Crippen LogP contribution in [-0.2, 0) is 0 Å². The fourth-order valence-corrected chi connectivity index (χ4v) is 1.49. The van der Waals surface area contributed by atoms with Crippen LogP contribution in [0.4, 0.5) is 5.82 Å². The molecule has 0 unspecified atom stereocenters. The second kappa shape index (κ2) is 5.97. The zero-order valence-electron chi connectivity index (χ0n) is 10.1. The number of nitrogens with zero attached hydrogens (tertiary/aromatic N) is 2. The highest BCUT2D eigenvalue weighted by Crippen LogP contribution is 2.20. The fourth-order valence-electron chi connectivity index (χ4n) is 1.49. The summed E-state index contributed by atoms with van der Waals surface area (Å²) in [5.41, 5.74) is 0.920. The van der Waals surface area contributed by atoms with Crippen LogP contribution in [0.5, 0.6) is 5.88 Å². The highest BCUT2D eigenvalue weighted by atomic mass is 16.5. The lowest BCUT2D eigenvalue weighted by Gasteiger charge is -2.08. The minimum atomic E-state index is -0.0421. The lowest BCUT2D eigenvalue weighted by Crippen LogP contribution is -2.05. The molecule has 94 valence electrons. The van der Waals surface area contributed by atoms with Gasteiger partial charge in [0.05, 0.1) is 6.61 Å². The SMILES string of the molecule is CNc1cc(OCCO)nc(-c2ccccc2)n1. The van der Waals surface area contributed by atoms with Crippen molar-refractivity contribution >= 4 is 5.82 Å². The highest BCUT2D eigenvalue weighted by molar-refractivity contribution is 5.58. The normalized spacial score (nSPS) is 10.1. The average molecular weight is 245 g/mol. The van der Waals surface area contributed by atoms with Crippen LogP contribution in [0.1, 0.15) is 0 Å². The molecule has 18 heavy (non-hydrogen) atoms. The van der Waals surface area contributed by atoms with E-state index in [2.05, 4.69) is 15.3 Å². The number of aliphatic hydroxyl groups is 1.